The molecule has 1 N–H and O–H groups in total. The van der Waals surface area contributed by atoms with Crippen LogP contribution in [0.4, 0.5) is 0 Å². The standard InChI is InChI=1S/C16H19N3OS/c1-10-13-3-5-21-15(13)7-14(17-10)16(20)18-12-6-11-2-4-19(8-11)9-12/h3,5,7,11-12H,2,4,6,8-9H2,1H3,(H,18,20)/t11-,12-/m1/s1. The zero-order chi connectivity index (χ0) is 14.4. The Labute approximate surface area is 128 Å². The quantitative estimate of drug-likeness (QED) is 0.926. The van der Waals surface area contributed by atoms with Crippen molar-refractivity contribution < 1.29 is 4.79 Å². The van der Waals surface area contributed by atoms with Crippen LogP contribution in [0.2, 0.25) is 0 Å². The Morgan fingerprint density at radius 3 is 3.24 bits per heavy atom. The lowest BCUT2D eigenvalue weighted by Crippen LogP contribution is -2.47. The molecule has 3 atom stereocenters. The molecule has 2 bridgehead atoms. The summed E-state index contributed by atoms with van der Waals surface area (Å²) in [4.78, 5) is 19.4. The molecular formula is C16H19N3OS. The number of fused-ring (bicyclic) bond motifs is 3. The fourth-order valence-corrected chi connectivity index (χ4v) is 4.54. The molecule has 2 aliphatic heterocycles. The average molecular weight is 301 g/mol. The first kappa shape index (κ1) is 13.2. The van der Waals surface area contributed by atoms with Crippen LogP contribution in [0.25, 0.3) is 10.1 Å². The van der Waals surface area contributed by atoms with Gasteiger partial charge in [-0.2, -0.15) is 0 Å². The lowest BCUT2D eigenvalue weighted by atomic mass is 9.97. The third-order valence-corrected chi connectivity index (χ3v) is 5.54. The molecule has 2 aliphatic rings. The van der Waals surface area contributed by atoms with Gasteiger partial charge >= 0.3 is 0 Å². The predicted molar refractivity (Wildman–Crippen MR) is 84.8 cm³/mol. The number of pyridine rings is 1. The number of hydrogen-bond acceptors (Lipinski definition) is 4. The van der Waals surface area contributed by atoms with E-state index in [-0.39, 0.29) is 11.9 Å². The van der Waals surface area contributed by atoms with E-state index in [1.807, 2.05) is 18.4 Å². The first-order valence-corrected chi connectivity index (χ1v) is 8.45. The second-order valence-corrected chi connectivity index (χ2v) is 7.19. The Bertz CT molecular complexity index is 684. The van der Waals surface area contributed by atoms with Gasteiger partial charge in [0.15, 0.2) is 0 Å². The van der Waals surface area contributed by atoms with Crippen LogP contribution in [0.3, 0.4) is 0 Å². The predicted octanol–water partition coefficient (Wildman–Crippen LogP) is 2.43. The number of hydrogen-bond donors (Lipinski definition) is 1. The summed E-state index contributed by atoms with van der Waals surface area (Å²) in [6, 6.07) is 4.26. The van der Waals surface area contributed by atoms with E-state index in [1.54, 1.807) is 11.3 Å². The second kappa shape index (κ2) is 5.07. The van der Waals surface area contributed by atoms with Crippen molar-refractivity contribution in [1.29, 1.82) is 0 Å². The topological polar surface area (TPSA) is 45.2 Å². The molecular weight excluding hydrogens is 282 g/mol. The van der Waals surface area contributed by atoms with E-state index < -0.39 is 0 Å². The number of piperidine rings is 1. The smallest absolute Gasteiger partial charge is 0.270 e. The van der Waals surface area contributed by atoms with Gasteiger partial charge in [-0.1, -0.05) is 0 Å². The number of nitrogens with zero attached hydrogens (tertiary/aromatic N) is 2. The minimum atomic E-state index is -0.0269. The van der Waals surface area contributed by atoms with Crippen molar-refractivity contribution in [1.82, 2.24) is 15.2 Å². The molecule has 110 valence electrons. The summed E-state index contributed by atoms with van der Waals surface area (Å²) < 4.78 is 1.14. The van der Waals surface area contributed by atoms with Crippen molar-refractivity contribution in [2.45, 2.75) is 25.8 Å². The third kappa shape index (κ3) is 2.45. The SMILES string of the molecule is Cc1nc(C(=O)N[C@@H]2C[C@H]3CCN(C3)C2)cc2sccc12. The van der Waals surface area contributed by atoms with Crippen molar-refractivity contribution in [3.05, 3.63) is 28.9 Å². The van der Waals surface area contributed by atoms with Crippen LogP contribution in [0, 0.1) is 12.8 Å². The maximum Gasteiger partial charge on any atom is 0.270 e. The molecule has 4 heterocycles. The van der Waals surface area contributed by atoms with Gasteiger partial charge in [0, 0.05) is 34.9 Å². The van der Waals surface area contributed by atoms with Crippen molar-refractivity contribution >= 4 is 27.3 Å². The fourth-order valence-electron chi connectivity index (χ4n) is 3.67. The van der Waals surface area contributed by atoms with Crippen molar-refractivity contribution in [3.63, 3.8) is 0 Å². The van der Waals surface area contributed by atoms with E-state index in [2.05, 4.69) is 21.3 Å². The van der Waals surface area contributed by atoms with E-state index in [1.165, 1.54) is 19.5 Å². The van der Waals surface area contributed by atoms with E-state index >= 15 is 0 Å². The molecule has 4 rings (SSSR count). The van der Waals surface area contributed by atoms with Crippen LogP contribution in [0.1, 0.15) is 29.0 Å². The number of rotatable bonds is 2. The van der Waals surface area contributed by atoms with Crippen LogP contribution in [0.15, 0.2) is 17.5 Å². The molecule has 1 amide bonds. The van der Waals surface area contributed by atoms with E-state index in [9.17, 15) is 4.79 Å². The Morgan fingerprint density at radius 2 is 2.38 bits per heavy atom. The number of thiophene rings is 1. The molecule has 2 saturated heterocycles. The summed E-state index contributed by atoms with van der Waals surface area (Å²) in [5.74, 6) is 0.736. The number of aryl methyl sites for hydroxylation is 1. The lowest BCUT2D eigenvalue weighted by molar-refractivity contribution is 0.0904. The monoisotopic (exact) mass is 301 g/mol. The van der Waals surface area contributed by atoms with E-state index in [0.717, 1.165) is 34.7 Å². The third-order valence-electron chi connectivity index (χ3n) is 4.68. The highest BCUT2D eigenvalue weighted by atomic mass is 32.1. The maximum atomic E-state index is 12.5. The minimum absolute atomic E-state index is 0.0269. The summed E-state index contributed by atoms with van der Waals surface area (Å²) in [6.45, 7) is 5.36. The molecule has 0 aliphatic carbocycles. The highest BCUT2D eigenvalue weighted by Gasteiger charge is 2.33. The van der Waals surface area contributed by atoms with Gasteiger partial charge < -0.3 is 10.2 Å². The largest absolute Gasteiger partial charge is 0.347 e. The molecule has 0 saturated carbocycles. The van der Waals surface area contributed by atoms with Gasteiger partial charge in [-0.15, -0.1) is 11.3 Å². The first-order valence-electron chi connectivity index (χ1n) is 7.57. The van der Waals surface area contributed by atoms with Crippen molar-refractivity contribution in [3.8, 4) is 0 Å². The molecule has 2 aromatic heterocycles. The fraction of sp³-hybridized carbons (Fsp3) is 0.500. The van der Waals surface area contributed by atoms with Gasteiger partial charge in [0.2, 0.25) is 0 Å². The normalized spacial score (nSPS) is 28.0. The number of carbonyl (C=O) groups excluding carboxylic acids is 1. The van der Waals surface area contributed by atoms with E-state index in [0.29, 0.717) is 5.69 Å². The molecule has 0 spiro atoms. The Morgan fingerprint density at radius 1 is 1.48 bits per heavy atom. The van der Waals surface area contributed by atoms with Gasteiger partial charge in [-0.3, -0.25) is 4.79 Å². The first-order chi connectivity index (χ1) is 10.2. The highest BCUT2D eigenvalue weighted by Crippen LogP contribution is 2.27. The molecule has 5 heteroatoms. The molecule has 2 aromatic rings. The summed E-state index contributed by atoms with van der Waals surface area (Å²) in [5, 5.41) is 6.38. The number of aromatic nitrogens is 1. The minimum Gasteiger partial charge on any atom is -0.347 e. The van der Waals surface area contributed by atoms with Gasteiger partial charge in [0.25, 0.3) is 5.91 Å². The van der Waals surface area contributed by atoms with Gasteiger partial charge in [-0.05, 0) is 49.7 Å². The Hall–Kier alpha value is -1.46. The van der Waals surface area contributed by atoms with Crippen LogP contribution in [-0.2, 0) is 0 Å². The molecule has 1 unspecified atom stereocenters. The number of amides is 1. The molecule has 0 radical (unpaired) electrons. The van der Waals surface area contributed by atoms with Gasteiger partial charge in [0.1, 0.15) is 5.69 Å². The highest BCUT2D eigenvalue weighted by molar-refractivity contribution is 7.17. The average Bonchev–Trinajstić information content (AvgIpc) is 3.05. The molecule has 4 nitrogen and oxygen atoms in total. The van der Waals surface area contributed by atoms with Crippen LogP contribution >= 0.6 is 11.3 Å². The van der Waals surface area contributed by atoms with Gasteiger partial charge in [-0.25, -0.2) is 4.98 Å². The maximum absolute atomic E-state index is 12.5. The molecule has 0 aromatic carbocycles. The second-order valence-electron chi connectivity index (χ2n) is 6.25. The summed E-state index contributed by atoms with van der Waals surface area (Å²) >= 11 is 1.66. The van der Waals surface area contributed by atoms with Crippen LogP contribution in [-0.4, -0.2) is 41.5 Å². The number of nitrogens with one attached hydrogen (secondary N) is 1. The van der Waals surface area contributed by atoms with Crippen LogP contribution < -0.4 is 5.32 Å². The van der Waals surface area contributed by atoms with Crippen molar-refractivity contribution in [2.24, 2.45) is 5.92 Å². The summed E-state index contributed by atoms with van der Waals surface area (Å²) in [5.41, 5.74) is 1.49. The summed E-state index contributed by atoms with van der Waals surface area (Å²) in [6.07, 6.45) is 2.40. The van der Waals surface area contributed by atoms with Gasteiger partial charge in [0.05, 0.1) is 0 Å². The number of carbonyl (C=O) groups is 1. The van der Waals surface area contributed by atoms with Crippen LogP contribution in [0.5, 0.6) is 0 Å². The zero-order valence-electron chi connectivity index (χ0n) is 12.1. The zero-order valence-corrected chi connectivity index (χ0v) is 12.9. The summed E-state index contributed by atoms with van der Waals surface area (Å²) in [7, 11) is 0. The Balaban J connectivity index is 1.53. The molecule has 2 fully saturated rings. The molecule has 21 heavy (non-hydrogen) atoms. The Kier molecular flexibility index (Phi) is 3.19. The van der Waals surface area contributed by atoms with Crippen molar-refractivity contribution in [2.75, 3.05) is 19.6 Å². The lowest BCUT2D eigenvalue weighted by Gasteiger charge is -2.30. The van der Waals surface area contributed by atoms with E-state index in [4.69, 9.17) is 0 Å².